The topological polar surface area (TPSA) is 68.0 Å². The van der Waals surface area contributed by atoms with Crippen LogP contribution in [0.1, 0.15) is 21.9 Å². The second-order valence-electron chi connectivity index (χ2n) is 3.76. The number of aromatic carboxylic acids is 1. The molecule has 0 unspecified atom stereocenters. The van der Waals surface area contributed by atoms with Crippen LogP contribution < -0.4 is 0 Å². The van der Waals surface area contributed by atoms with Crippen LogP contribution in [0.2, 0.25) is 10.0 Å². The third-order valence-electron chi connectivity index (χ3n) is 2.37. The fourth-order valence-electron chi connectivity index (χ4n) is 1.65. The Bertz CT molecular complexity index is 637. The van der Waals surface area contributed by atoms with Crippen LogP contribution in [0, 0.1) is 13.8 Å². The van der Waals surface area contributed by atoms with E-state index in [9.17, 15) is 4.79 Å². The molecule has 7 heteroatoms. The number of pyridine rings is 1. The predicted octanol–water partition coefficient (Wildman–Crippen LogP) is 2.89. The molecule has 0 aromatic carbocycles. The summed E-state index contributed by atoms with van der Waals surface area (Å²) in [5.74, 6) is -1.21. The summed E-state index contributed by atoms with van der Waals surface area (Å²) in [7, 11) is 0. The van der Waals surface area contributed by atoms with Gasteiger partial charge >= 0.3 is 5.97 Å². The highest BCUT2D eigenvalue weighted by Crippen LogP contribution is 2.30. The lowest BCUT2D eigenvalue weighted by Crippen LogP contribution is -2.08. The third-order valence-corrected chi connectivity index (χ3v) is 3.01. The minimum Gasteiger partial charge on any atom is -0.476 e. The van der Waals surface area contributed by atoms with Crippen LogP contribution in [-0.2, 0) is 0 Å². The maximum atomic E-state index is 11.0. The molecule has 0 saturated heterocycles. The molecule has 0 spiro atoms. The Labute approximate surface area is 113 Å². The Kier molecular flexibility index (Phi) is 3.28. The van der Waals surface area contributed by atoms with Crippen molar-refractivity contribution < 1.29 is 9.90 Å². The largest absolute Gasteiger partial charge is 0.476 e. The molecule has 0 aliphatic rings. The lowest BCUT2D eigenvalue weighted by Gasteiger charge is -2.10. The van der Waals surface area contributed by atoms with Crippen molar-refractivity contribution in [3.8, 4) is 5.69 Å². The van der Waals surface area contributed by atoms with Gasteiger partial charge in [-0.25, -0.2) is 14.5 Å². The van der Waals surface area contributed by atoms with Gasteiger partial charge in [-0.1, -0.05) is 23.2 Å². The summed E-state index contributed by atoms with van der Waals surface area (Å²) in [4.78, 5) is 14.7. The van der Waals surface area contributed by atoms with E-state index in [1.54, 1.807) is 0 Å². The number of carbonyl (C=O) groups is 1. The molecule has 94 valence electrons. The van der Waals surface area contributed by atoms with Crippen molar-refractivity contribution in [2.75, 3.05) is 0 Å². The lowest BCUT2D eigenvalue weighted by atomic mass is 10.3. The zero-order valence-corrected chi connectivity index (χ0v) is 11.1. The number of nitrogens with zero attached hydrogens (tertiary/aromatic N) is 3. The molecule has 0 aliphatic heterocycles. The van der Waals surface area contributed by atoms with Gasteiger partial charge in [-0.05, 0) is 19.9 Å². The predicted molar refractivity (Wildman–Crippen MR) is 67.8 cm³/mol. The number of hydrogen-bond acceptors (Lipinski definition) is 3. The molecule has 0 bridgehead atoms. The molecule has 0 atom stereocenters. The first-order valence-electron chi connectivity index (χ1n) is 5.02. The van der Waals surface area contributed by atoms with Gasteiger partial charge in [0.2, 0.25) is 0 Å². The van der Waals surface area contributed by atoms with Crippen molar-refractivity contribution in [1.29, 1.82) is 0 Å². The van der Waals surface area contributed by atoms with Gasteiger partial charge in [0.05, 0.1) is 10.7 Å². The van der Waals surface area contributed by atoms with E-state index in [-0.39, 0.29) is 15.7 Å². The fourth-order valence-corrected chi connectivity index (χ4v) is 2.24. The van der Waals surface area contributed by atoms with Crippen LogP contribution in [0.5, 0.6) is 0 Å². The molecule has 0 radical (unpaired) electrons. The maximum Gasteiger partial charge on any atom is 0.356 e. The minimum absolute atomic E-state index is 0.0267. The SMILES string of the molecule is Cc1cc(C)n(-c2c(Cl)cnc(C(=O)O)c2Cl)n1. The molecule has 0 saturated carbocycles. The molecule has 2 aromatic rings. The Morgan fingerprint density at radius 1 is 1.39 bits per heavy atom. The van der Waals surface area contributed by atoms with Gasteiger partial charge in [0, 0.05) is 11.9 Å². The average molecular weight is 286 g/mol. The molecule has 0 aliphatic carbocycles. The van der Waals surface area contributed by atoms with Gasteiger partial charge < -0.3 is 5.11 Å². The quantitative estimate of drug-likeness (QED) is 0.921. The summed E-state index contributed by atoms with van der Waals surface area (Å²) < 4.78 is 1.51. The van der Waals surface area contributed by atoms with Crippen molar-refractivity contribution in [3.63, 3.8) is 0 Å². The highest BCUT2D eigenvalue weighted by Gasteiger charge is 2.20. The van der Waals surface area contributed by atoms with E-state index in [1.807, 2.05) is 19.9 Å². The van der Waals surface area contributed by atoms with E-state index in [2.05, 4.69) is 10.1 Å². The highest BCUT2D eigenvalue weighted by atomic mass is 35.5. The summed E-state index contributed by atoms with van der Waals surface area (Å²) in [5, 5.41) is 13.4. The van der Waals surface area contributed by atoms with Gasteiger partial charge in [0.25, 0.3) is 0 Å². The fraction of sp³-hybridized carbons (Fsp3) is 0.182. The van der Waals surface area contributed by atoms with E-state index < -0.39 is 5.97 Å². The van der Waals surface area contributed by atoms with E-state index >= 15 is 0 Å². The number of aryl methyl sites for hydroxylation is 2. The van der Waals surface area contributed by atoms with Gasteiger partial charge in [0.1, 0.15) is 10.7 Å². The van der Waals surface area contributed by atoms with Crippen LogP contribution in [0.25, 0.3) is 5.69 Å². The van der Waals surface area contributed by atoms with Crippen molar-refractivity contribution in [1.82, 2.24) is 14.8 Å². The summed E-state index contributed by atoms with van der Waals surface area (Å²) in [6.07, 6.45) is 1.25. The number of aromatic nitrogens is 3. The van der Waals surface area contributed by atoms with Crippen LogP contribution >= 0.6 is 23.2 Å². The third kappa shape index (κ3) is 2.07. The molecule has 2 rings (SSSR count). The van der Waals surface area contributed by atoms with E-state index in [1.165, 1.54) is 10.9 Å². The average Bonchev–Trinajstić information content (AvgIpc) is 2.57. The monoisotopic (exact) mass is 285 g/mol. The van der Waals surface area contributed by atoms with Crippen LogP contribution in [-0.4, -0.2) is 25.8 Å². The summed E-state index contributed by atoms with van der Waals surface area (Å²) in [6, 6.07) is 1.84. The van der Waals surface area contributed by atoms with Gasteiger partial charge in [-0.2, -0.15) is 5.10 Å². The van der Waals surface area contributed by atoms with Crippen molar-refractivity contribution in [2.45, 2.75) is 13.8 Å². The van der Waals surface area contributed by atoms with Gasteiger partial charge in [-0.15, -0.1) is 0 Å². The van der Waals surface area contributed by atoms with Crippen LogP contribution in [0.15, 0.2) is 12.3 Å². The summed E-state index contributed by atoms with van der Waals surface area (Å²) in [6.45, 7) is 3.65. The number of halogens is 2. The zero-order valence-electron chi connectivity index (χ0n) is 9.61. The van der Waals surface area contributed by atoms with Crippen LogP contribution in [0.4, 0.5) is 0 Å². The summed E-state index contributed by atoms with van der Waals surface area (Å²) in [5.41, 5.74) is 1.67. The first kappa shape index (κ1) is 12.9. The molecule has 5 nitrogen and oxygen atoms in total. The van der Waals surface area contributed by atoms with E-state index in [0.717, 1.165) is 11.4 Å². The molecular formula is C11H9Cl2N3O2. The lowest BCUT2D eigenvalue weighted by molar-refractivity contribution is 0.0690. The molecule has 0 amide bonds. The normalized spacial score (nSPS) is 10.7. The summed E-state index contributed by atoms with van der Waals surface area (Å²) >= 11 is 12.1. The van der Waals surface area contributed by atoms with Gasteiger partial charge in [0.15, 0.2) is 5.69 Å². The Balaban J connectivity index is 2.74. The second kappa shape index (κ2) is 4.59. The Hall–Kier alpha value is -1.59. The molecule has 1 N–H and O–H groups in total. The standard InChI is InChI=1S/C11H9Cl2N3O2/c1-5-3-6(2)16(15-5)10-7(12)4-14-9(8(10)13)11(17)18/h3-4H,1-2H3,(H,17,18). The molecule has 0 fully saturated rings. The number of hydrogen-bond donors (Lipinski definition) is 1. The minimum atomic E-state index is -1.21. The molecule has 18 heavy (non-hydrogen) atoms. The molecule has 2 heterocycles. The first-order chi connectivity index (χ1) is 8.41. The number of rotatable bonds is 2. The Morgan fingerprint density at radius 3 is 2.56 bits per heavy atom. The van der Waals surface area contributed by atoms with E-state index in [0.29, 0.717) is 5.69 Å². The Morgan fingerprint density at radius 2 is 2.06 bits per heavy atom. The smallest absolute Gasteiger partial charge is 0.356 e. The highest BCUT2D eigenvalue weighted by molar-refractivity contribution is 6.39. The molecule has 2 aromatic heterocycles. The van der Waals surface area contributed by atoms with Crippen molar-refractivity contribution in [3.05, 3.63) is 39.4 Å². The molecular weight excluding hydrogens is 277 g/mol. The number of carboxylic acids is 1. The second-order valence-corrected chi connectivity index (χ2v) is 4.55. The van der Waals surface area contributed by atoms with Gasteiger partial charge in [-0.3, -0.25) is 0 Å². The zero-order chi connectivity index (χ0) is 13.4. The maximum absolute atomic E-state index is 11.0. The first-order valence-corrected chi connectivity index (χ1v) is 5.78. The van der Waals surface area contributed by atoms with Crippen LogP contribution in [0.3, 0.4) is 0 Å². The van der Waals surface area contributed by atoms with Crippen molar-refractivity contribution in [2.24, 2.45) is 0 Å². The number of carboxylic acid groups (broad SMARTS) is 1. The van der Waals surface area contributed by atoms with Crippen molar-refractivity contribution >= 4 is 29.2 Å². The van der Waals surface area contributed by atoms with E-state index in [4.69, 9.17) is 28.3 Å².